The van der Waals surface area contributed by atoms with Crippen molar-refractivity contribution >= 4 is 23.4 Å². The minimum Gasteiger partial charge on any atom is -0.467 e. The van der Waals surface area contributed by atoms with Crippen LogP contribution in [0.1, 0.15) is 11.1 Å². The van der Waals surface area contributed by atoms with E-state index in [9.17, 15) is 13.2 Å². The van der Waals surface area contributed by atoms with Crippen LogP contribution >= 0.6 is 23.4 Å². The maximum Gasteiger partial charge on any atom is 0.406 e. The number of thioether (sulfide) groups is 1. The lowest BCUT2D eigenvalue weighted by Gasteiger charge is -2.21. The van der Waals surface area contributed by atoms with Gasteiger partial charge in [-0.1, -0.05) is 23.4 Å². The van der Waals surface area contributed by atoms with Crippen molar-refractivity contribution in [2.45, 2.75) is 30.2 Å². The van der Waals surface area contributed by atoms with Crippen molar-refractivity contribution in [2.75, 3.05) is 6.79 Å². The Labute approximate surface area is 173 Å². The fourth-order valence-corrected chi connectivity index (χ4v) is 4.11. The molecule has 11 heteroatoms. The van der Waals surface area contributed by atoms with Crippen molar-refractivity contribution in [1.29, 1.82) is 0 Å². The number of fused-ring (bicyclic) bond motifs is 1. The molecule has 4 rings (SSSR count). The third-order valence-corrected chi connectivity index (χ3v) is 5.34. The van der Waals surface area contributed by atoms with Gasteiger partial charge in [-0.25, -0.2) is 0 Å². The highest BCUT2D eigenvalue weighted by atomic mass is 35.5. The van der Waals surface area contributed by atoms with Crippen LogP contribution in [0.4, 0.5) is 13.2 Å². The molecule has 0 aliphatic carbocycles. The molecule has 2 aromatic heterocycles. The summed E-state index contributed by atoms with van der Waals surface area (Å²) in [6.07, 6.45) is -1.44. The molecule has 6 nitrogen and oxygen atoms in total. The molecule has 0 spiro atoms. The highest BCUT2D eigenvalue weighted by Gasteiger charge is 2.31. The molecular weight excluding hydrogens is 429 g/mol. The zero-order chi connectivity index (χ0) is 20.4. The number of hydrogen-bond donors (Lipinski definition) is 0. The fraction of sp³-hybridized carbons (Fsp3) is 0.278. The molecule has 0 radical (unpaired) electrons. The van der Waals surface area contributed by atoms with Gasteiger partial charge in [0, 0.05) is 39.9 Å². The van der Waals surface area contributed by atoms with E-state index in [4.69, 9.17) is 21.1 Å². The van der Waals surface area contributed by atoms with Gasteiger partial charge >= 0.3 is 6.18 Å². The predicted molar refractivity (Wildman–Crippen MR) is 101 cm³/mol. The number of aromatic nitrogens is 4. The number of nitrogens with zero attached hydrogens (tertiary/aromatic N) is 4. The van der Waals surface area contributed by atoms with Crippen LogP contribution < -0.4 is 4.74 Å². The first kappa shape index (κ1) is 20.0. The maximum atomic E-state index is 13.2. The Hall–Kier alpha value is -2.30. The normalized spacial score (nSPS) is 13.8. The second kappa shape index (κ2) is 8.21. The van der Waals surface area contributed by atoms with Crippen LogP contribution in [-0.4, -0.2) is 32.7 Å². The standard InChI is InChI=1S/C18H14ClF3N4O2S/c19-14-5-12-7-27-10-28-15(12)13(6-14)8-29-17-25-24-16(11-1-3-23-4-2-11)26(17)9-18(20,21)22/h1-6H,7-10H2. The van der Waals surface area contributed by atoms with Gasteiger partial charge in [0.25, 0.3) is 0 Å². The fourth-order valence-electron chi connectivity index (χ4n) is 2.94. The van der Waals surface area contributed by atoms with Crippen molar-refractivity contribution in [3.05, 3.63) is 52.8 Å². The summed E-state index contributed by atoms with van der Waals surface area (Å²) in [5.41, 5.74) is 2.06. The highest BCUT2D eigenvalue weighted by molar-refractivity contribution is 7.98. The molecule has 3 aromatic rings. The molecule has 0 atom stereocenters. The summed E-state index contributed by atoms with van der Waals surface area (Å²) in [5, 5.41) is 8.61. The van der Waals surface area contributed by atoms with Crippen LogP contribution in [0.15, 0.2) is 41.8 Å². The van der Waals surface area contributed by atoms with E-state index in [-0.39, 0.29) is 17.8 Å². The molecule has 0 bridgehead atoms. The van der Waals surface area contributed by atoms with E-state index in [1.165, 1.54) is 12.4 Å². The molecule has 0 saturated carbocycles. The van der Waals surface area contributed by atoms with Gasteiger partial charge in [0.1, 0.15) is 12.3 Å². The molecule has 1 aromatic carbocycles. The van der Waals surface area contributed by atoms with Gasteiger partial charge in [-0.3, -0.25) is 9.55 Å². The average Bonchev–Trinajstić information content (AvgIpc) is 3.07. The number of alkyl halides is 3. The van der Waals surface area contributed by atoms with Gasteiger partial charge in [-0.2, -0.15) is 13.2 Å². The summed E-state index contributed by atoms with van der Waals surface area (Å²) < 4.78 is 51.4. The molecule has 29 heavy (non-hydrogen) atoms. The third kappa shape index (κ3) is 4.65. The molecule has 1 aliphatic heterocycles. The van der Waals surface area contributed by atoms with Crippen molar-refractivity contribution in [1.82, 2.24) is 19.7 Å². The zero-order valence-corrected chi connectivity index (χ0v) is 16.4. The Morgan fingerprint density at radius 3 is 2.72 bits per heavy atom. The number of halogens is 4. The summed E-state index contributed by atoms with van der Waals surface area (Å²) in [6, 6.07) is 6.66. The van der Waals surface area contributed by atoms with E-state index in [1.54, 1.807) is 24.3 Å². The van der Waals surface area contributed by atoms with Gasteiger partial charge in [-0.05, 0) is 24.3 Å². The van der Waals surface area contributed by atoms with Crippen LogP contribution in [0.3, 0.4) is 0 Å². The molecule has 0 unspecified atom stereocenters. The second-order valence-electron chi connectivity index (χ2n) is 6.20. The first-order valence-electron chi connectivity index (χ1n) is 8.46. The Morgan fingerprint density at radius 1 is 1.17 bits per heavy atom. The van der Waals surface area contributed by atoms with Crippen LogP contribution in [-0.2, 0) is 23.6 Å². The molecule has 0 saturated heterocycles. The third-order valence-electron chi connectivity index (χ3n) is 4.10. The Bertz CT molecular complexity index is 1010. The number of hydrogen-bond acceptors (Lipinski definition) is 6. The lowest BCUT2D eigenvalue weighted by Crippen LogP contribution is -2.19. The van der Waals surface area contributed by atoms with Gasteiger partial charge in [0.2, 0.25) is 0 Å². The topological polar surface area (TPSA) is 62.1 Å². The Balaban J connectivity index is 1.64. The monoisotopic (exact) mass is 442 g/mol. The van der Waals surface area contributed by atoms with E-state index in [0.29, 0.717) is 28.7 Å². The van der Waals surface area contributed by atoms with Crippen LogP contribution in [0.25, 0.3) is 11.4 Å². The van der Waals surface area contributed by atoms with Gasteiger partial charge in [-0.15, -0.1) is 10.2 Å². The summed E-state index contributed by atoms with van der Waals surface area (Å²) in [4.78, 5) is 3.89. The lowest BCUT2D eigenvalue weighted by molar-refractivity contribution is -0.141. The minimum absolute atomic E-state index is 0.114. The SMILES string of the molecule is FC(F)(F)Cn1c(SCc2cc(Cl)cc3c2OCOC3)nnc1-c1ccncc1. The van der Waals surface area contributed by atoms with Gasteiger partial charge < -0.3 is 9.47 Å². The number of rotatable bonds is 5. The molecule has 3 heterocycles. The van der Waals surface area contributed by atoms with E-state index >= 15 is 0 Å². The summed E-state index contributed by atoms with van der Waals surface area (Å²) in [7, 11) is 0. The van der Waals surface area contributed by atoms with Crippen molar-refractivity contribution in [2.24, 2.45) is 0 Å². The summed E-state index contributed by atoms with van der Waals surface area (Å²) >= 11 is 7.29. The average molecular weight is 443 g/mol. The van der Waals surface area contributed by atoms with Crippen molar-refractivity contribution in [3.8, 4) is 17.1 Å². The smallest absolute Gasteiger partial charge is 0.406 e. The Kier molecular flexibility index (Phi) is 5.66. The second-order valence-corrected chi connectivity index (χ2v) is 7.57. The number of benzene rings is 1. The molecule has 1 aliphatic rings. The molecular formula is C18H14ClF3N4O2S. The van der Waals surface area contributed by atoms with E-state index in [2.05, 4.69) is 15.2 Å². The lowest BCUT2D eigenvalue weighted by atomic mass is 10.1. The van der Waals surface area contributed by atoms with E-state index < -0.39 is 12.7 Å². The van der Waals surface area contributed by atoms with Crippen LogP contribution in [0, 0.1) is 0 Å². The Morgan fingerprint density at radius 2 is 1.97 bits per heavy atom. The molecule has 0 N–H and O–H groups in total. The van der Waals surface area contributed by atoms with Crippen LogP contribution in [0.5, 0.6) is 5.75 Å². The number of ether oxygens (including phenoxy) is 2. The molecule has 0 fully saturated rings. The first-order valence-corrected chi connectivity index (χ1v) is 9.82. The van der Waals surface area contributed by atoms with Crippen molar-refractivity contribution < 1.29 is 22.6 Å². The highest BCUT2D eigenvalue weighted by Crippen LogP contribution is 2.36. The van der Waals surface area contributed by atoms with E-state index in [0.717, 1.165) is 27.5 Å². The van der Waals surface area contributed by atoms with Crippen molar-refractivity contribution in [3.63, 3.8) is 0 Å². The zero-order valence-electron chi connectivity index (χ0n) is 14.8. The number of pyridine rings is 1. The van der Waals surface area contributed by atoms with E-state index in [1.807, 2.05) is 0 Å². The predicted octanol–water partition coefficient (Wildman–Crippen LogP) is 4.71. The first-order chi connectivity index (χ1) is 13.9. The maximum absolute atomic E-state index is 13.2. The largest absolute Gasteiger partial charge is 0.467 e. The molecule has 152 valence electrons. The van der Waals surface area contributed by atoms with Gasteiger partial charge in [0.05, 0.1) is 6.61 Å². The molecule has 0 amide bonds. The summed E-state index contributed by atoms with van der Waals surface area (Å²) in [5.74, 6) is 1.09. The quantitative estimate of drug-likeness (QED) is 0.533. The van der Waals surface area contributed by atoms with Gasteiger partial charge in [0.15, 0.2) is 17.8 Å². The summed E-state index contributed by atoms with van der Waals surface area (Å²) in [6.45, 7) is -0.718. The minimum atomic E-state index is -4.42. The van der Waals surface area contributed by atoms with Crippen LogP contribution in [0.2, 0.25) is 5.02 Å².